The molecule has 0 bridgehead atoms. The Labute approximate surface area is 178 Å². The molecule has 1 fully saturated rings. The molecule has 170 valence electrons. The Morgan fingerprint density at radius 3 is 2.59 bits per heavy atom. The first-order valence-electron chi connectivity index (χ1n) is 9.52. The Kier molecular flexibility index (Phi) is 5.11. The third-order valence-corrected chi connectivity index (χ3v) is 5.23. The summed E-state index contributed by atoms with van der Waals surface area (Å²) >= 11 is 0. The van der Waals surface area contributed by atoms with Gasteiger partial charge in [-0.1, -0.05) is 0 Å². The molecule has 2 heterocycles. The van der Waals surface area contributed by atoms with Gasteiger partial charge in [-0.2, -0.15) is 22.0 Å². The smallest absolute Gasteiger partial charge is 0.433 e. The van der Waals surface area contributed by atoms with Crippen molar-refractivity contribution in [2.75, 3.05) is 6.61 Å². The summed E-state index contributed by atoms with van der Waals surface area (Å²) in [5.41, 5.74) is -3.65. The molecule has 1 saturated carbocycles. The Morgan fingerprint density at radius 2 is 1.97 bits per heavy atom. The standard InChI is InChI=1S/C21H17F5N2O4/c1-11-16(18(30)28-19(10-29)6-7-19)13-9-12(4-5-15(13)31-11)32-21(25,26)14-3-2-8-27-17(14)20(22,23)24/h2-5,8-9,29H,6-7,10H2,1H3,(H,28,30). The van der Waals surface area contributed by atoms with Gasteiger partial charge in [-0.25, -0.2) is 0 Å². The number of amides is 1. The van der Waals surface area contributed by atoms with Crippen molar-refractivity contribution in [3.63, 3.8) is 0 Å². The summed E-state index contributed by atoms with van der Waals surface area (Å²) < 4.78 is 78.8. The highest BCUT2D eigenvalue weighted by Gasteiger charge is 2.46. The first-order chi connectivity index (χ1) is 15.0. The topological polar surface area (TPSA) is 84.6 Å². The fourth-order valence-corrected chi connectivity index (χ4v) is 3.39. The van der Waals surface area contributed by atoms with E-state index in [2.05, 4.69) is 15.0 Å². The van der Waals surface area contributed by atoms with Crippen LogP contribution in [-0.4, -0.2) is 28.1 Å². The van der Waals surface area contributed by atoms with Gasteiger partial charge in [0.05, 0.1) is 23.3 Å². The molecular weight excluding hydrogens is 439 g/mol. The number of aliphatic hydroxyl groups is 1. The predicted octanol–water partition coefficient (Wildman–Crippen LogP) is 4.54. The first kappa shape index (κ1) is 22.0. The van der Waals surface area contributed by atoms with Crippen molar-refractivity contribution >= 4 is 16.9 Å². The molecular formula is C21H17F5N2O4. The molecule has 0 saturated heterocycles. The Morgan fingerprint density at radius 1 is 1.25 bits per heavy atom. The van der Waals surface area contributed by atoms with Crippen LogP contribution in [0.25, 0.3) is 11.0 Å². The van der Waals surface area contributed by atoms with E-state index in [0.717, 1.165) is 24.4 Å². The van der Waals surface area contributed by atoms with Gasteiger partial charge in [0, 0.05) is 11.6 Å². The fraction of sp³-hybridized carbons (Fsp3) is 0.333. The van der Waals surface area contributed by atoms with E-state index in [-0.39, 0.29) is 28.9 Å². The molecule has 3 aromatic rings. The number of ether oxygens (including phenoxy) is 1. The molecule has 1 aliphatic carbocycles. The van der Waals surface area contributed by atoms with E-state index < -0.39 is 40.7 Å². The summed E-state index contributed by atoms with van der Waals surface area (Å²) in [5.74, 6) is -0.831. The van der Waals surface area contributed by atoms with Crippen molar-refractivity contribution < 1.29 is 41.0 Å². The molecule has 1 amide bonds. The summed E-state index contributed by atoms with van der Waals surface area (Å²) in [7, 11) is 0. The van der Waals surface area contributed by atoms with E-state index >= 15 is 0 Å². The minimum absolute atomic E-state index is 0.0610. The predicted molar refractivity (Wildman–Crippen MR) is 101 cm³/mol. The maximum absolute atomic E-state index is 14.7. The number of fused-ring (bicyclic) bond motifs is 1. The summed E-state index contributed by atoms with van der Waals surface area (Å²) in [6, 6.07) is 5.00. The second-order valence-corrected chi connectivity index (χ2v) is 7.60. The van der Waals surface area contributed by atoms with E-state index in [1.165, 1.54) is 13.0 Å². The van der Waals surface area contributed by atoms with Crippen molar-refractivity contribution in [3.05, 3.63) is 59.1 Å². The monoisotopic (exact) mass is 456 g/mol. The maximum Gasteiger partial charge on any atom is 0.433 e. The van der Waals surface area contributed by atoms with E-state index in [9.17, 15) is 31.9 Å². The number of pyridine rings is 1. The van der Waals surface area contributed by atoms with E-state index in [1.54, 1.807) is 0 Å². The lowest BCUT2D eigenvalue weighted by Gasteiger charge is -2.21. The molecule has 2 aromatic heterocycles. The lowest BCUT2D eigenvalue weighted by Crippen LogP contribution is -2.39. The van der Waals surface area contributed by atoms with Crippen molar-refractivity contribution in [2.24, 2.45) is 0 Å². The van der Waals surface area contributed by atoms with E-state index in [0.29, 0.717) is 18.9 Å². The summed E-state index contributed by atoms with van der Waals surface area (Å²) in [6.45, 7) is 1.26. The van der Waals surface area contributed by atoms with Crippen LogP contribution in [0.4, 0.5) is 22.0 Å². The lowest BCUT2D eigenvalue weighted by molar-refractivity contribution is -0.196. The zero-order chi connectivity index (χ0) is 23.3. The Balaban J connectivity index is 1.68. The normalized spacial score (nSPS) is 15.6. The lowest BCUT2D eigenvalue weighted by atomic mass is 10.1. The van der Waals surface area contributed by atoms with Crippen molar-refractivity contribution in [1.82, 2.24) is 10.3 Å². The molecule has 0 atom stereocenters. The number of alkyl halides is 5. The fourth-order valence-electron chi connectivity index (χ4n) is 3.39. The van der Waals surface area contributed by atoms with E-state index in [4.69, 9.17) is 4.42 Å². The van der Waals surface area contributed by atoms with Crippen LogP contribution in [-0.2, 0) is 12.3 Å². The molecule has 0 spiro atoms. The number of benzene rings is 1. The molecule has 6 nitrogen and oxygen atoms in total. The number of aromatic nitrogens is 1. The van der Waals surface area contributed by atoms with Gasteiger partial charge in [0.25, 0.3) is 5.91 Å². The van der Waals surface area contributed by atoms with Gasteiger partial charge in [-0.15, -0.1) is 0 Å². The molecule has 2 N–H and O–H groups in total. The third-order valence-electron chi connectivity index (χ3n) is 5.23. The number of halogens is 5. The first-order valence-corrected chi connectivity index (χ1v) is 9.52. The highest BCUT2D eigenvalue weighted by molar-refractivity contribution is 6.07. The number of aliphatic hydroxyl groups excluding tert-OH is 1. The van der Waals surface area contributed by atoms with Crippen LogP contribution < -0.4 is 10.1 Å². The Hall–Kier alpha value is -3.21. The second kappa shape index (κ2) is 7.44. The number of carbonyl (C=O) groups excluding carboxylic acids is 1. The van der Waals surface area contributed by atoms with Gasteiger partial charge in [-0.3, -0.25) is 9.78 Å². The summed E-state index contributed by atoms with van der Waals surface area (Å²) in [6.07, 6.45) is -7.52. The van der Waals surface area contributed by atoms with Crippen molar-refractivity contribution in [3.8, 4) is 5.75 Å². The maximum atomic E-state index is 14.7. The van der Waals surface area contributed by atoms with Gasteiger partial charge < -0.3 is 19.6 Å². The highest BCUT2D eigenvalue weighted by atomic mass is 19.4. The number of rotatable bonds is 6. The largest absolute Gasteiger partial charge is 0.461 e. The number of furan rings is 1. The molecule has 0 aliphatic heterocycles. The third kappa shape index (κ3) is 3.99. The van der Waals surface area contributed by atoms with Crippen LogP contribution in [0, 0.1) is 6.92 Å². The molecule has 1 aromatic carbocycles. The van der Waals surface area contributed by atoms with Crippen LogP contribution in [0.1, 0.15) is 40.2 Å². The van der Waals surface area contributed by atoms with Crippen LogP contribution in [0.3, 0.4) is 0 Å². The molecule has 0 unspecified atom stereocenters. The second-order valence-electron chi connectivity index (χ2n) is 7.60. The zero-order valence-electron chi connectivity index (χ0n) is 16.6. The van der Waals surface area contributed by atoms with Crippen LogP contribution in [0.15, 0.2) is 40.9 Å². The zero-order valence-corrected chi connectivity index (χ0v) is 16.6. The molecule has 11 heteroatoms. The number of carbonyl (C=O) groups is 1. The SMILES string of the molecule is Cc1oc2ccc(OC(F)(F)c3cccnc3C(F)(F)F)cc2c1C(=O)NC1(CO)CC1. The number of aryl methyl sites for hydroxylation is 1. The van der Waals surface area contributed by atoms with Gasteiger partial charge in [-0.05, 0) is 50.1 Å². The number of hydrogen-bond acceptors (Lipinski definition) is 5. The average Bonchev–Trinajstić information content (AvgIpc) is 3.41. The highest BCUT2D eigenvalue weighted by Crippen LogP contribution is 2.41. The van der Waals surface area contributed by atoms with Gasteiger partial charge in [0.15, 0.2) is 5.69 Å². The van der Waals surface area contributed by atoms with Gasteiger partial charge in [0.1, 0.15) is 17.1 Å². The quantitative estimate of drug-likeness (QED) is 0.532. The van der Waals surface area contributed by atoms with Crippen molar-refractivity contribution in [2.45, 2.75) is 37.6 Å². The average molecular weight is 456 g/mol. The number of hydrogen-bond donors (Lipinski definition) is 2. The van der Waals surface area contributed by atoms with Crippen LogP contribution in [0.5, 0.6) is 5.75 Å². The molecule has 32 heavy (non-hydrogen) atoms. The minimum Gasteiger partial charge on any atom is -0.461 e. The minimum atomic E-state index is -5.11. The molecule has 0 radical (unpaired) electrons. The Bertz CT molecular complexity index is 1180. The van der Waals surface area contributed by atoms with Gasteiger partial charge >= 0.3 is 12.3 Å². The van der Waals surface area contributed by atoms with Crippen molar-refractivity contribution in [1.29, 1.82) is 0 Å². The summed E-state index contributed by atoms with van der Waals surface area (Å²) in [4.78, 5) is 15.7. The number of nitrogens with one attached hydrogen (secondary N) is 1. The number of nitrogens with zero attached hydrogens (tertiary/aromatic N) is 1. The van der Waals surface area contributed by atoms with E-state index in [1.807, 2.05) is 0 Å². The van der Waals surface area contributed by atoms with Crippen LogP contribution >= 0.6 is 0 Å². The molecule has 4 rings (SSSR count). The molecule has 1 aliphatic rings. The summed E-state index contributed by atoms with van der Waals surface area (Å²) in [5, 5.41) is 12.3. The van der Waals surface area contributed by atoms with Gasteiger partial charge in [0.2, 0.25) is 0 Å². The van der Waals surface area contributed by atoms with Crippen LogP contribution in [0.2, 0.25) is 0 Å².